The number of aromatic nitrogens is 1. The van der Waals surface area contributed by atoms with Crippen LogP contribution in [0.4, 0.5) is 30.2 Å². The molecule has 0 aliphatic carbocycles. The van der Waals surface area contributed by atoms with Crippen LogP contribution in [-0.4, -0.2) is 4.98 Å². The minimum Gasteiger partial charge on any atom is -0.355 e. The Hall–Kier alpha value is -4.51. The van der Waals surface area contributed by atoms with Gasteiger partial charge in [0.15, 0.2) is 0 Å². The second-order valence-electron chi connectivity index (χ2n) is 8.69. The Balaban J connectivity index is 1.39. The van der Waals surface area contributed by atoms with Crippen molar-refractivity contribution in [1.82, 2.24) is 4.98 Å². The lowest BCUT2D eigenvalue weighted by Gasteiger charge is -2.26. The van der Waals surface area contributed by atoms with E-state index < -0.39 is 11.7 Å². The van der Waals surface area contributed by atoms with E-state index in [2.05, 4.69) is 35.3 Å². The third-order valence-electron chi connectivity index (χ3n) is 6.43. The quantitative estimate of drug-likeness (QED) is 0.267. The van der Waals surface area contributed by atoms with Crippen LogP contribution in [0, 0.1) is 0 Å². The van der Waals surface area contributed by atoms with E-state index in [0.29, 0.717) is 5.69 Å². The first-order valence-corrected chi connectivity index (χ1v) is 11.6. The molecule has 0 bridgehead atoms. The van der Waals surface area contributed by atoms with Crippen molar-refractivity contribution in [2.24, 2.45) is 0 Å². The van der Waals surface area contributed by atoms with Crippen molar-refractivity contribution in [3.63, 3.8) is 0 Å². The summed E-state index contributed by atoms with van der Waals surface area (Å²) in [7, 11) is 0. The third-order valence-corrected chi connectivity index (χ3v) is 6.43. The minimum atomic E-state index is -4.37. The standard InChI is InChI=1S/C31H21F3N2/c32-31(33,34)23-13-17-26(18-14-23)36(24-6-2-1-3-7-24)25-15-10-21(11-16-25)22-12-19-30-28(20-22)27-8-4-5-9-29(27)35-30/h1-20,35H. The van der Waals surface area contributed by atoms with E-state index in [0.717, 1.165) is 45.7 Å². The molecular formula is C31H21F3N2. The Morgan fingerprint density at radius 3 is 1.75 bits per heavy atom. The van der Waals surface area contributed by atoms with Crippen LogP contribution in [0.5, 0.6) is 0 Å². The Morgan fingerprint density at radius 1 is 0.500 bits per heavy atom. The number of halogens is 3. The SMILES string of the molecule is FC(F)(F)c1ccc(N(c2ccccc2)c2ccc(-c3ccc4[nH]c5ccccc5c4c3)cc2)cc1. The normalized spacial score (nSPS) is 11.8. The highest BCUT2D eigenvalue weighted by atomic mass is 19.4. The van der Waals surface area contributed by atoms with E-state index in [4.69, 9.17) is 0 Å². The number of hydrogen-bond acceptors (Lipinski definition) is 1. The highest BCUT2D eigenvalue weighted by molar-refractivity contribution is 6.08. The molecule has 0 aliphatic rings. The van der Waals surface area contributed by atoms with Crippen LogP contribution in [0.25, 0.3) is 32.9 Å². The molecule has 0 saturated heterocycles. The monoisotopic (exact) mass is 478 g/mol. The molecule has 0 aliphatic heterocycles. The fourth-order valence-corrected chi connectivity index (χ4v) is 4.65. The van der Waals surface area contributed by atoms with Crippen LogP contribution in [-0.2, 0) is 6.18 Å². The maximum Gasteiger partial charge on any atom is 0.416 e. The summed E-state index contributed by atoms with van der Waals surface area (Å²) < 4.78 is 39.4. The number of hydrogen-bond donors (Lipinski definition) is 1. The van der Waals surface area contributed by atoms with E-state index in [1.165, 1.54) is 22.9 Å². The van der Waals surface area contributed by atoms with Gasteiger partial charge in [0.1, 0.15) is 0 Å². The molecule has 36 heavy (non-hydrogen) atoms. The van der Waals surface area contributed by atoms with Crippen molar-refractivity contribution in [3.8, 4) is 11.1 Å². The van der Waals surface area contributed by atoms with Gasteiger partial charge in [-0.1, -0.05) is 54.6 Å². The number of fused-ring (bicyclic) bond motifs is 3. The molecule has 176 valence electrons. The molecule has 0 amide bonds. The van der Waals surface area contributed by atoms with Gasteiger partial charge in [-0.3, -0.25) is 0 Å². The zero-order chi connectivity index (χ0) is 24.7. The molecule has 2 nitrogen and oxygen atoms in total. The number of aromatic amines is 1. The molecule has 0 fully saturated rings. The predicted molar refractivity (Wildman–Crippen MR) is 141 cm³/mol. The highest BCUT2D eigenvalue weighted by Crippen LogP contribution is 2.38. The third kappa shape index (κ3) is 3.99. The zero-order valence-electron chi connectivity index (χ0n) is 19.1. The maximum absolute atomic E-state index is 13.1. The summed E-state index contributed by atoms with van der Waals surface area (Å²) in [4.78, 5) is 5.40. The fourth-order valence-electron chi connectivity index (χ4n) is 4.65. The summed E-state index contributed by atoms with van der Waals surface area (Å²) >= 11 is 0. The lowest BCUT2D eigenvalue weighted by atomic mass is 10.0. The number of alkyl halides is 3. The van der Waals surface area contributed by atoms with Crippen molar-refractivity contribution in [1.29, 1.82) is 0 Å². The Morgan fingerprint density at radius 2 is 1.06 bits per heavy atom. The summed E-state index contributed by atoms with van der Waals surface area (Å²) in [5, 5.41) is 2.35. The molecule has 0 spiro atoms. The van der Waals surface area contributed by atoms with Gasteiger partial charge in [0.05, 0.1) is 5.56 Å². The Labute approximate surface area is 206 Å². The van der Waals surface area contributed by atoms with Crippen molar-refractivity contribution in [3.05, 3.63) is 127 Å². The summed E-state index contributed by atoms with van der Waals surface area (Å²) in [5.74, 6) is 0. The van der Waals surface area contributed by atoms with Crippen molar-refractivity contribution in [2.45, 2.75) is 6.18 Å². The molecule has 6 aromatic rings. The first-order valence-electron chi connectivity index (χ1n) is 11.6. The Bertz CT molecular complexity index is 1650. The number of benzene rings is 5. The zero-order valence-corrected chi connectivity index (χ0v) is 19.1. The van der Waals surface area contributed by atoms with Crippen molar-refractivity contribution >= 4 is 38.9 Å². The molecule has 5 heteroatoms. The number of nitrogens with one attached hydrogen (secondary N) is 1. The van der Waals surface area contributed by atoms with Crippen LogP contribution in [0.1, 0.15) is 5.56 Å². The molecular weight excluding hydrogens is 457 g/mol. The molecule has 1 heterocycles. The molecule has 6 rings (SSSR count). The summed E-state index contributed by atoms with van der Waals surface area (Å²) in [6.45, 7) is 0. The molecule has 0 radical (unpaired) electrons. The number of para-hydroxylation sites is 2. The van der Waals surface area contributed by atoms with Gasteiger partial charge in [0.2, 0.25) is 0 Å². The van der Waals surface area contributed by atoms with Gasteiger partial charge >= 0.3 is 6.18 Å². The first-order chi connectivity index (χ1) is 17.5. The largest absolute Gasteiger partial charge is 0.416 e. The van der Waals surface area contributed by atoms with E-state index in [9.17, 15) is 13.2 Å². The molecule has 1 aromatic heterocycles. The van der Waals surface area contributed by atoms with Gasteiger partial charge in [-0.25, -0.2) is 0 Å². The van der Waals surface area contributed by atoms with Gasteiger partial charge in [-0.15, -0.1) is 0 Å². The predicted octanol–water partition coefficient (Wildman–Crippen LogP) is 9.48. The smallest absolute Gasteiger partial charge is 0.355 e. The minimum absolute atomic E-state index is 0.655. The van der Waals surface area contributed by atoms with Crippen molar-refractivity contribution in [2.75, 3.05) is 4.90 Å². The second kappa shape index (κ2) is 8.61. The van der Waals surface area contributed by atoms with Gasteiger partial charge < -0.3 is 9.88 Å². The van der Waals surface area contributed by atoms with Gasteiger partial charge in [-0.2, -0.15) is 13.2 Å². The van der Waals surface area contributed by atoms with Gasteiger partial charge in [-0.05, 0) is 77.9 Å². The van der Waals surface area contributed by atoms with E-state index in [1.54, 1.807) is 0 Å². The van der Waals surface area contributed by atoms with Gasteiger partial charge in [0.25, 0.3) is 0 Å². The topological polar surface area (TPSA) is 19.0 Å². The lowest BCUT2D eigenvalue weighted by Crippen LogP contribution is -2.11. The molecule has 0 unspecified atom stereocenters. The summed E-state index contributed by atoms with van der Waals surface area (Å²) in [6.07, 6.45) is -4.37. The fraction of sp³-hybridized carbons (Fsp3) is 0.0323. The molecule has 0 saturated carbocycles. The highest BCUT2D eigenvalue weighted by Gasteiger charge is 2.30. The number of rotatable bonds is 4. The Kier molecular flexibility index (Phi) is 5.26. The molecule has 5 aromatic carbocycles. The maximum atomic E-state index is 13.1. The van der Waals surface area contributed by atoms with Crippen LogP contribution in [0.3, 0.4) is 0 Å². The van der Waals surface area contributed by atoms with E-state index in [-0.39, 0.29) is 0 Å². The van der Waals surface area contributed by atoms with Crippen LogP contribution in [0.15, 0.2) is 121 Å². The number of nitrogens with zero attached hydrogens (tertiary/aromatic N) is 1. The summed E-state index contributed by atoms with van der Waals surface area (Å²) in [5.41, 5.74) is 6.07. The second-order valence-corrected chi connectivity index (χ2v) is 8.69. The van der Waals surface area contributed by atoms with Crippen LogP contribution in [0.2, 0.25) is 0 Å². The van der Waals surface area contributed by atoms with E-state index >= 15 is 0 Å². The lowest BCUT2D eigenvalue weighted by molar-refractivity contribution is -0.137. The average Bonchev–Trinajstić information content (AvgIpc) is 3.28. The average molecular weight is 479 g/mol. The number of H-pyrrole nitrogens is 1. The first kappa shape index (κ1) is 22.0. The summed E-state index contributed by atoms with van der Waals surface area (Å²) in [6, 6.07) is 37.6. The molecule has 1 N–H and O–H groups in total. The number of anilines is 3. The van der Waals surface area contributed by atoms with Gasteiger partial charge in [0, 0.05) is 38.9 Å². The van der Waals surface area contributed by atoms with Crippen molar-refractivity contribution < 1.29 is 13.2 Å². The molecule has 0 atom stereocenters. The van der Waals surface area contributed by atoms with E-state index in [1.807, 2.05) is 71.6 Å². The van der Waals surface area contributed by atoms with Crippen LogP contribution >= 0.6 is 0 Å². The van der Waals surface area contributed by atoms with Crippen LogP contribution < -0.4 is 4.90 Å².